The van der Waals surface area contributed by atoms with Crippen LogP contribution in [0.4, 0.5) is 4.79 Å². The Hall–Kier alpha value is -0.810. The second-order valence-electron chi connectivity index (χ2n) is 8.20. The lowest BCUT2D eigenvalue weighted by molar-refractivity contribution is -0.0648. The van der Waals surface area contributed by atoms with Gasteiger partial charge in [0.2, 0.25) is 0 Å². The van der Waals surface area contributed by atoms with E-state index in [0.29, 0.717) is 18.5 Å². The Balaban J connectivity index is 2.47. The minimum atomic E-state index is -0.463. The van der Waals surface area contributed by atoms with Gasteiger partial charge < -0.3 is 20.1 Å². The van der Waals surface area contributed by atoms with Crippen LogP contribution in [0.25, 0.3) is 0 Å². The van der Waals surface area contributed by atoms with E-state index in [-0.39, 0.29) is 17.7 Å². The summed E-state index contributed by atoms with van der Waals surface area (Å²) < 4.78 is 11.1. The number of carbonyl (C=O) groups excluding carboxylic acids is 1. The van der Waals surface area contributed by atoms with Gasteiger partial charge in [0.15, 0.2) is 0 Å². The second kappa shape index (κ2) is 7.64. The Morgan fingerprint density at radius 3 is 2.50 bits per heavy atom. The van der Waals surface area contributed by atoms with Gasteiger partial charge in [-0.1, -0.05) is 13.8 Å². The highest BCUT2D eigenvalue weighted by atomic mass is 16.6. The standard InChI is InChI=1S/C17H34N2O3/c1-12(2)14(11-18-15(20)22-16(3,4)5)19-13-8-9-21-17(6,7)10-13/h12-14,19H,8-11H2,1-7H3,(H,18,20). The number of hydrogen-bond donors (Lipinski definition) is 2. The molecule has 2 unspecified atom stereocenters. The van der Waals surface area contributed by atoms with Crippen LogP contribution in [0, 0.1) is 5.92 Å². The minimum Gasteiger partial charge on any atom is -0.444 e. The maximum atomic E-state index is 11.8. The largest absolute Gasteiger partial charge is 0.444 e. The maximum absolute atomic E-state index is 11.8. The van der Waals surface area contributed by atoms with Crippen LogP contribution >= 0.6 is 0 Å². The van der Waals surface area contributed by atoms with Crippen LogP contribution < -0.4 is 10.6 Å². The number of rotatable bonds is 5. The molecule has 0 aromatic rings. The van der Waals surface area contributed by atoms with Crippen LogP contribution in [0.1, 0.15) is 61.3 Å². The van der Waals surface area contributed by atoms with Gasteiger partial charge in [0, 0.05) is 25.2 Å². The van der Waals surface area contributed by atoms with E-state index < -0.39 is 5.60 Å². The topological polar surface area (TPSA) is 59.6 Å². The molecule has 0 spiro atoms. The zero-order valence-corrected chi connectivity index (χ0v) is 15.3. The van der Waals surface area contributed by atoms with Crippen LogP contribution in [0.5, 0.6) is 0 Å². The highest BCUT2D eigenvalue weighted by Crippen LogP contribution is 2.24. The smallest absolute Gasteiger partial charge is 0.407 e. The van der Waals surface area contributed by atoms with Gasteiger partial charge in [-0.3, -0.25) is 0 Å². The average Bonchev–Trinajstić information content (AvgIpc) is 2.30. The highest BCUT2D eigenvalue weighted by molar-refractivity contribution is 5.67. The van der Waals surface area contributed by atoms with Crippen molar-refractivity contribution in [3.63, 3.8) is 0 Å². The van der Waals surface area contributed by atoms with Crippen molar-refractivity contribution < 1.29 is 14.3 Å². The van der Waals surface area contributed by atoms with Gasteiger partial charge in [0.05, 0.1) is 5.60 Å². The summed E-state index contributed by atoms with van der Waals surface area (Å²) in [6.45, 7) is 15.6. The van der Waals surface area contributed by atoms with Gasteiger partial charge in [-0.15, -0.1) is 0 Å². The number of nitrogens with one attached hydrogen (secondary N) is 2. The summed E-state index contributed by atoms with van der Waals surface area (Å²) in [6.07, 6.45) is 1.65. The molecule has 1 fully saturated rings. The minimum absolute atomic E-state index is 0.0734. The predicted octanol–water partition coefficient (Wildman–Crippen LogP) is 3.08. The van der Waals surface area contributed by atoms with Crippen LogP contribution in [-0.4, -0.2) is 42.5 Å². The zero-order chi connectivity index (χ0) is 17.0. The quantitative estimate of drug-likeness (QED) is 0.819. The number of alkyl carbamates (subject to hydrolysis) is 1. The molecule has 22 heavy (non-hydrogen) atoms. The lowest BCUT2D eigenvalue weighted by atomic mass is 9.92. The first kappa shape index (κ1) is 19.2. The van der Waals surface area contributed by atoms with Crippen molar-refractivity contribution >= 4 is 6.09 Å². The SMILES string of the molecule is CC(C)C(CNC(=O)OC(C)(C)C)NC1CCOC(C)(C)C1. The van der Waals surface area contributed by atoms with Crippen molar-refractivity contribution in [2.45, 2.75) is 84.6 Å². The fourth-order valence-corrected chi connectivity index (χ4v) is 2.67. The molecular formula is C17H34N2O3. The second-order valence-corrected chi connectivity index (χ2v) is 8.20. The van der Waals surface area contributed by atoms with Crippen LogP contribution in [0.15, 0.2) is 0 Å². The van der Waals surface area contributed by atoms with Crippen molar-refractivity contribution in [1.29, 1.82) is 0 Å². The average molecular weight is 314 g/mol. The number of hydrogen-bond acceptors (Lipinski definition) is 4. The normalized spacial score (nSPS) is 23.2. The van der Waals surface area contributed by atoms with Crippen LogP contribution in [0.3, 0.4) is 0 Å². The predicted molar refractivity (Wildman–Crippen MR) is 89.1 cm³/mol. The third-order valence-corrected chi connectivity index (χ3v) is 3.82. The molecule has 0 aromatic carbocycles. The molecule has 0 bridgehead atoms. The van der Waals surface area contributed by atoms with Crippen molar-refractivity contribution in [2.24, 2.45) is 5.92 Å². The van der Waals surface area contributed by atoms with E-state index in [9.17, 15) is 4.79 Å². The Morgan fingerprint density at radius 1 is 1.36 bits per heavy atom. The summed E-state index contributed by atoms with van der Waals surface area (Å²) in [7, 11) is 0. The summed E-state index contributed by atoms with van der Waals surface area (Å²) in [6, 6.07) is 0.656. The van der Waals surface area contributed by atoms with Crippen molar-refractivity contribution in [2.75, 3.05) is 13.2 Å². The van der Waals surface area contributed by atoms with E-state index in [2.05, 4.69) is 38.3 Å². The molecule has 1 rings (SSSR count). The summed E-state index contributed by atoms with van der Waals surface area (Å²) >= 11 is 0. The van der Waals surface area contributed by atoms with Gasteiger partial charge in [-0.05, 0) is 53.4 Å². The highest BCUT2D eigenvalue weighted by Gasteiger charge is 2.30. The summed E-state index contributed by atoms with van der Waals surface area (Å²) in [5.74, 6) is 0.431. The molecule has 1 saturated heterocycles. The molecular weight excluding hydrogens is 280 g/mol. The molecule has 5 heteroatoms. The molecule has 0 aromatic heterocycles. The number of carbonyl (C=O) groups is 1. The Kier molecular flexibility index (Phi) is 6.68. The summed E-state index contributed by atoms with van der Waals surface area (Å²) in [5.41, 5.74) is -0.536. The molecule has 2 atom stereocenters. The number of amides is 1. The molecule has 0 saturated carbocycles. The summed E-state index contributed by atoms with van der Waals surface area (Å²) in [4.78, 5) is 11.8. The van der Waals surface area contributed by atoms with E-state index in [0.717, 1.165) is 19.4 Å². The maximum Gasteiger partial charge on any atom is 0.407 e. The summed E-state index contributed by atoms with van der Waals surface area (Å²) in [5, 5.41) is 6.55. The Bertz CT molecular complexity index is 361. The lowest BCUT2D eigenvalue weighted by Crippen LogP contribution is -2.52. The van der Waals surface area contributed by atoms with Crippen LogP contribution in [0.2, 0.25) is 0 Å². The lowest BCUT2D eigenvalue weighted by Gasteiger charge is -2.38. The molecule has 1 heterocycles. The monoisotopic (exact) mass is 314 g/mol. The van der Waals surface area contributed by atoms with Crippen molar-refractivity contribution in [3.05, 3.63) is 0 Å². The van der Waals surface area contributed by atoms with Gasteiger partial charge in [-0.25, -0.2) is 4.79 Å². The Labute approximate surface area is 135 Å². The first-order chi connectivity index (χ1) is 9.98. The van der Waals surface area contributed by atoms with E-state index in [1.807, 2.05) is 20.8 Å². The first-order valence-electron chi connectivity index (χ1n) is 8.35. The van der Waals surface area contributed by atoms with Crippen molar-refractivity contribution in [1.82, 2.24) is 10.6 Å². The Morgan fingerprint density at radius 2 is 2.00 bits per heavy atom. The molecule has 5 nitrogen and oxygen atoms in total. The van der Waals surface area contributed by atoms with E-state index in [4.69, 9.17) is 9.47 Å². The van der Waals surface area contributed by atoms with Crippen molar-refractivity contribution in [3.8, 4) is 0 Å². The third kappa shape index (κ3) is 7.45. The third-order valence-electron chi connectivity index (χ3n) is 3.82. The van der Waals surface area contributed by atoms with Gasteiger partial charge in [0.1, 0.15) is 5.60 Å². The molecule has 130 valence electrons. The molecule has 1 aliphatic heterocycles. The zero-order valence-electron chi connectivity index (χ0n) is 15.3. The van der Waals surface area contributed by atoms with E-state index in [1.54, 1.807) is 0 Å². The molecule has 2 N–H and O–H groups in total. The van der Waals surface area contributed by atoms with Crippen LogP contribution in [-0.2, 0) is 9.47 Å². The first-order valence-corrected chi connectivity index (χ1v) is 8.35. The van der Waals surface area contributed by atoms with E-state index >= 15 is 0 Å². The fraction of sp³-hybridized carbons (Fsp3) is 0.941. The van der Waals surface area contributed by atoms with Gasteiger partial charge in [-0.2, -0.15) is 0 Å². The fourth-order valence-electron chi connectivity index (χ4n) is 2.67. The van der Waals surface area contributed by atoms with E-state index in [1.165, 1.54) is 0 Å². The van der Waals surface area contributed by atoms with Gasteiger partial charge >= 0.3 is 6.09 Å². The molecule has 1 aliphatic rings. The molecule has 0 radical (unpaired) electrons. The number of ether oxygens (including phenoxy) is 2. The van der Waals surface area contributed by atoms with Gasteiger partial charge in [0.25, 0.3) is 0 Å². The molecule has 1 amide bonds. The molecule has 0 aliphatic carbocycles.